The molecule has 0 radical (unpaired) electrons. The smallest absolute Gasteiger partial charge is 0.333 e. The summed E-state index contributed by atoms with van der Waals surface area (Å²) < 4.78 is 66.9. The molecule has 6 atom stereocenters. The van der Waals surface area contributed by atoms with E-state index >= 15 is 0 Å². The van der Waals surface area contributed by atoms with Gasteiger partial charge in [0.25, 0.3) is 0 Å². The summed E-state index contributed by atoms with van der Waals surface area (Å²) in [5.41, 5.74) is 3.29. The molecule has 4 unspecified atom stereocenters. The maximum Gasteiger partial charge on any atom is 0.409 e. The fourth-order valence-electron chi connectivity index (χ4n) is 7.67. The summed E-state index contributed by atoms with van der Waals surface area (Å²) in [4.78, 5) is 16.3. The van der Waals surface area contributed by atoms with Crippen molar-refractivity contribution in [3.05, 3.63) is 0 Å². The first-order chi connectivity index (χ1) is 17.4. The summed E-state index contributed by atoms with van der Waals surface area (Å²) in [6, 6.07) is -1.04. The Labute approximate surface area is 222 Å². The van der Waals surface area contributed by atoms with Crippen LogP contribution in [0.4, 0.5) is 13.2 Å². The van der Waals surface area contributed by atoms with E-state index in [1.807, 2.05) is 0 Å². The van der Waals surface area contributed by atoms with Gasteiger partial charge in [-0.2, -0.15) is 13.2 Å². The molecule has 2 N–H and O–H groups in total. The van der Waals surface area contributed by atoms with Crippen LogP contribution in [0.5, 0.6) is 0 Å². The number of rotatable bonds is 4. The normalized spacial score (nSPS) is 40.0. The Bertz CT molecular complexity index is 948. The lowest BCUT2D eigenvalue weighted by Gasteiger charge is -2.53. The number of hydrogen-bond donors (Lipinski definition) is 2. The largest absolute Gasteiger partial charge is 0.409 e. The Morgan fingerprint density at radius 2 is 1.81 bits per heavy atom. The Morgan fingerprint density at radius 3 is 2.49 bits per heavy atom. The van der Waals surface area contributed by atoms with Crippen molar-refractivity contribution >= 4 is 27.3 Å². The van der Waals surface area contributed by atoms with Crippen molar-refractivity contribution in [3.63, 3.8) is 0 Å². The number of carbonyl (C=O) groups excluding carboxylic acids is 1. The second-order valence-corrected chi connectivity index (χ2v) is 14.4. The van der Waals surface area contributed by atoms with Crippen molar-refractivity contribution in [1.82, 2.24) is 25.6 Å². The number of sulfone groups is 1. The molecule has 8 nitrogen and oxygen atoms in total. The van der Waals surface area contributed by atoms with Crippen molar-refractivity contribution in [2.45, 2.75) is 99.8 Å². The molecule has 0 spiro atoms. The highest BCUT2D eigenvalue weighted by Crippen LogP contribution is 2.41. The van der Waals surface area contributed by atoms with Crippen LogP contribution in [0.3, 0.4) is 0 Å². The van der Waals surface area contributed by atoms with Crippen molar-refractivity contribution < 1.29 is 26.4 Å². The van der Waals surface area contributed by atoms with Gasteiger partial charge in [-0.3, -0.25) is 15.0 Å². The molecule has 37 heavy (non-hydrogen) atoms. The van der Waals surface area contributed by atoms with Crippen molar-refractivity contribution in [1.29, 1.82) is 0 Å². The van der Waals surface area contributed by atoms with Gasteiger partial charge in [0, 0.05) is 38.1 Å². The minimum absolute atomic E-state index is 0.00200. The van der Waals surface area contributed by atoms with Crippen LogP contribution in [0.25, 0.3) is 0 Å². The van der Waals surface area contributed by atoms with Crippen LogP contribution >= 0.6 is 11.6 Å². The molecule has 5 aliphatic rings. The molecule has 5 rings (SSSR count). The van der Waals surface area contributed by atoms with Crippen LogP contribution in [0.1, 0.15) is 57.8 Å². The third kappa shape index (κ3) is 5.79. The van der Waals surface area contributed by atoms with E-state index in [1.165, 1.54) is 7.05 Å². The van der Waals surface area contributed by atoms with E-state index in [1.54, 1.807) is 0 Å². The number of hydrogen-bond acceptors (Lipinski definition) is 7. The van der Waals surface area contributed by atoms with Crippen LogP contribution in [0.2, 0.25) is 0 Å². The summed E-state index contributed by atoms with van der Waals surface area (Å²) in [7, 11) is -2.18. The Kier molecular flexibility index (Phi) is 8.08. The topological polar surface area (TPSA) is 85.0 Å². The van der Waals surface area contributed by atoms with Gasteiger partial charge in [0.15, 0.2) is 9.84 Å². The molecule has 1 saturated carbocycles. The molecule has 212 valence electrons. The van der Waals surface area contributed by atoms with Gasteiger partial charge in [-0.15, -0.1) is 11.6 Å². The standard InChI is InChI=1S/C24H39ClF3N5O3S/c1-31(23(34)16-4-3-11-37(35,36)14-16)22(24(26,27)28)15-6-8-17(9-7-15)32-10-2-5-18-19(32)13-29-21-12-20(25)30-33(18)21/h15-22,29-30H,2-14H2,1H3/t15?,16-,17?,18?,19?,20?,21?,22-/m0/s1. The molecule has 0 aromatic heterocycles. The number of piperidine rings is 1. The third-order valence-corrected chi connectivity index (χ3v) is 11.4. The number of carbonyl (C=O) groups is 1. The number of halogens is 4. The van der Waals surface area contributed by atoms with E-state index in [-0.39, 0.29) is 35.3 Å². The second-order valence-electron chi connectivity index (χ2n) is 11.6. The Balaban J connectivity index is 1.23. The lowest BCUT2D eigenvalue weighted by molar-refractivity contribution is -0.203. The molecule has 1 amide bonds. The quantitative estimate of drug-likeness (QED) is 0.397. The molecule has 5 fully saturated rings. The number of hydrazine groups is 1. The molecular formula is C24H39ClF3N5O3S. The number of amides is 1. The van der Waals surface area contributed by atoms with E-state index < -0.39 is 39.8 Å². The molecule has 1 aliphatic carbocycles. The SMILES string of the molecule is CN(C(=O)[C@H]1CCCS(=O)(=O)C1)[C@@H](C1CCC(N2CCCC3C2CNC2CC(Cl)NN23)CC1)C(F)(F)F. The fraction of sp³-hybridized carbons (Fsp3) is 0.958. The zero-order valence-corrected chi connectivity index (χ0v) is 22.9. The highest BCUT2D eigenvalue weighted by Gasteiger charge is 2.52. The summed E-state index contributed by atoms with van der Waals surface area (Å²) in [5.74, 6) is -2.61. The number of fused-ring (bicyclic) bond motifs is 3. The van der Waals surface area contributed by atoms with Gasteiger partial charge in [0.1, 0.15) is 6.04 Å². The average Bonchev–Trinajstić information content (AvgIpc) is 3.23. The molecule has 13 heteroatoms. The lowest BCUT2D eigenvalue weighted by atomic mass is 9.78. The summed E-state index contributed by atoms with van der Waals surface area (Å²) in [6.45, 7) is 1.79. The lowest BCUT2D eigenvalue weighted by Crippen LogP contribution is -2.70. The highest BCUT2D eigenvalue weighted by atomic mass is 35.5. The summed E-state index contributed by atoms with van der Waals surface area (Å²) in [5, 5.41) is 5.85. The van der Waals surface area contributed by atoms with E-state index in [4.69, 9.17) is 11.6 Å². The predicted molar refractivity (Wildman–Crippen MR) is 134 cm³/mol. The maximum atomic E-state index is 14.3. The molecule has 0 bridgehead atoms. The summed E-state index contributed by atoms with van der Waals surface area (Å²) >= 11 is 6.34. The molecule has 0 aromatic carbocycles. The highest BCUT2D eigenvalue weighted by molar-refractivity contribution is 7.91. The summed E-state index contributed by atoms with van der Waals surface area (Å²) in [6.07, 6.45) is 1.38. The first kappa shape index (κ1) is 27.9. The maximum absolute atomic E-state index is 14.3. The van der Waals surface area contributed by atoms with Crippen molar-refractivity contribution in [3.8, 4) is 0 Å². The Morgan fingerprint density at radius 1 is 1.08 bits per heavy atom. The zero-order chi connectivity index (χ0) is 26.5. The average molecular weight is 570 g/mol. The van der Waals surface area contributed by atoms with Crippen LogP contribution in [0.15, 0.2) is 0 Å². The minimum Gasteiger partial charge on any atom is -0.333 e. The van der Waals surface area contributed by atoms with E-state index in [0.29, 0.717) is 44.6 Å². The van der Waals surface area contributed by atoms with Crippen molar-refractivity contribution in [2.24, 2.45) is 11.8 Å². The zero-order valence-electron chi connectivity index (χ0n) is 21.3. The molecular weight excluding hydrogens is 531 g/mol. The van der Waals surface area contributed by atoms with Gasteiger partial charge in [-0.05, 0) is 63.8 Å². The van der Waals surface area contributed by atoms with Crippen LogP contribution in [-0.4, -0.2) is 103 Å². The monoisotopic (exact) mass is 569 g/mol. The number of likely N-dealkylation sites (tertiary alicyclic amines) is 1. The number of alkyl halides is 4. The molecule has 4 aliphatic heterocycles. The van der Waals surface area contributed by atoms with E-state index in [0.717, 1.165) is 37.3 Å². The first-order valence-corrected chi connectivity index (χ1v) is 15.9. The fourth-order valence-corrected chi connectivity index (χ4v) is 9.64. The molecule has 4 heterocycles. The van der Waals surface area contributed by atoms with Crippen LogP contribution < -0.4 is 10.7 Å². The van der Waals surface area contributed by atoms with Crippen LogP contribution in [0, 0.1) is 11.8 Å². The van der Waals surface area contributed by atoms with Gasteiger partial charge >= 0.3 is 6.18 Å². The van der Waals surface area contributed by atoms with Gasteiger partial charge < -0.3 is 4.90 Å². The Hall–Kier alpha value is -0.660. The molecule has 0 aromatic rings. The minimum atomic E-state index is -4.56. The van der Waals surface area contributed by atoms with Gasteiger partial charge in [-0.25, -0.2) is 18.9 Å². The van der Waals surface area contributed by atoms with Crippen LogP contribution in [-0.2, 0) is 14.6 Å². The van der Waals surface area contributed by atoms with E-state index in [2.05, 4.69) is 20.7 Å². The number of nitrogens with zero attached hydrogens (tertiary/aromatic N) is 3. The third-order valence-electron chi connectivity index (χ3n) is 9.33. The van der Waals surface area contributed by atoms with E-state index in [9.17, 15) is 26.4 Å². The first-order valence-electron chi connectivity index (χ1n) is 13.7. The number of nitrogens with one attached hydrogen (secondary N) is 2. The van der Waals surface area contributed by atoms with Gasteiger partial charge in [-0.1, -0.05) is 0 Å². The second kappa shape index (κ2) is 10.7. The molecule has 4 saturated heterocycles. The van der Waals surface area contributed by atoms with Gasteiger partial charge in [0.2, 0.25) is 5.91 Å². The van der Waals surface area contributed by atoms with Crippen molar-refractivity contribution in [2.75, 3.05) is 31.6 Å². The predicted octanol–water partition coefficient (Wildman–Crippen LogP) is 2.30. The van der Waals surface area contributed by atoms with Gasteiger partial charge in [0.05, 0.1) is 29.1 Å².